The zero-order valence-corrected chi connectivity index (χ0v) is 35.5. The molecule has 0 saturated heterocycles. The molecule has 10 rings (SSSR count). The summed E-state index contributed by atoms with van der Waals surface area (Å²) in [5, 5.41) is 2.39. The van der Waals surface area contributed by atoms with Gasteiger partial charge in [-0.05, 0) is 126 Å². The van der Waals surface area contributed by atoms with Gasteiger partial charge >= 0.3 is 0 Å². The van der Waals surface area contributed by atoms with Crippen molar-refractivity contribution < 1.29 is 4.57 Å². The third kappa shape index (κ3) is 5.91. The maximum Gasteiger partial charge on any atom is 0.171 e. The molecule has 294 valence electrons. The lowest BCUT2D eigenvalue weighted by atomic mass is 9.74. The standard InChI is InChI=1S/C57H45N2OP/c1-5-6-24-54(58-4)39-26-30-50-46(35-39)48-37-44(28-32-52(48)56(50,2)41-18-10-7-11-19-41)61(60,43-22-14-9-15-23-43)45-29-33-53-49(38-45)47-36-40(55-25-16-17-34-59-55)27-31-51(47)57(53,3)42-20-12-8-13-21-42/h5-38H,4H2,1-3H3/b6-5-,54-24-. The number of allylic oxidation sites excluding steroid dienone is 3. The van der Waals surface area contributed by atoms with E-state index in [-0.39, 0.29) is 0 Å². The topological polar surface area (TPSA) is 42.3 Å². The Morgan fingerprint density at radius 3 is 1.57 bits per heavy atom. The molecule has 2 aliphatic rings. The SMILES string of the molecule is C=N/C(=C\C=C/C)c1ccc2c(c1)-c1cc(P(=O)(c3ccccc3)c3ccc4c(c3)-c3cc(-c5ccccn5)ccc3C4(C)c3ccccc3)ccc1C2(C)c1ccccc1. The van der Waals surface area contributed by atoms with E-state index in [9.17, 15) is 0 Å². The maximum atomic E-state index is 16.7. The first-order valence-corrected chi connectivity index (χ1v) is 22.6. The van der Waals surface area contributed by atoms with Crippen LogP contribution < -0.4 is 15.9 Å². The Balaban J connectivity index is 1.21. The van der Waals surface area contributed by atoms with Crippen LogP contribution in [0.2, 0.25) is 0 Å². The zero-order chi connectivity index (χ0) is 41.8. The molecule has 0 radical (unpaired) electrons. The summed E-state index contributed by atoms with van der Waals surface area (Å²) >= 11 is 0. The van der Waals surface area contributed by atoms with E-state index in [4.69, 9.17) is 4.98 Å². The zero-order valence-electron chi connectivity index (χ0n) is 34.6. The lowest BCUT2D eigenvalue weighted by Crippen LogP contribution is -2.27. The van der Waals surface area contributed by atoms with Crippen molar-refractivity contribution in [3.8, 4) is 33.5 Å². The summed E-state index contributed by atoms with van der Waals surface area (Å²) in [7, 11) is -3.47. The van der Waals surface area contributed by atoms with Crippen molar-refractivity contribution in [2.24, 2.45) is 4.99 Å². The molecule has 0 spiro atoms. The van der Waals surface area contributed by atoms with Crippen molar-refractivity contribution in [1.29, 1.82) is 0 Å². The molecule has 8 aromatic rings. The molecule has 61 heavy (non-hydrogen) atoms. The molecule has 3 unspecified atom stereocenters. The van der Waals surface area contributed by atoms with E-state index in [0.717, 1.165) is 60.7 Å². The van der Waals surface area contributed by atoms with Crippen molar-refractivity contribution in [1.82, 2.24) is 4.98 Å². The minimum atomic E-state index is -3.47. The van der Waals surface area contributed by atoms with Crippen LogP contribution in [-0.4, -0.2) is 11.7 Å². The molecule has 0 fully saturated rings. The third-order valence-corrected chi connectivity index (χ3v) is 16.2. The minimum Gasteiger partial charge on any atom is -0.309 e. The van der Waals surface area contributed by atoms with Crippen LogP contribution in [0.1, 0.15) is 59.7 Å². The van der Waals surface area contributed by atoms with E-state index in [1.54, 1.807) is 0 Å². The highest BCUT2D eigenvalue weighted by molar-refractivity contribution is 7.85. The summed E-state index contributed by atoms with van der Waals surface area (Å²) in [5.74, 6) is 0. The highest BCUT2D eigenvalue weighted by Gasteiger charge is 2.44. The average Bonchev–Trinajstić information content (AvgIpc) is 3.74. The third-order valence-electron chi connectivity index (χ3n) is 13.2. The van der Waals surface area contributed by atoms with Crippen molar-refractivity contribution in [2.75, 3.05) is 0 Å². The molecule has 0 bridgehead atoms. The fourth-order valence-electron chi connectivity index (χ4n) is 10.0. The second-order valence-electron chi connectivity index (χ2n) is 16.4. The van der Waals surface area contributed by atoms with Gasteiger partial charge in [-0.3, -0.25) is 9.98 Å². The molecule has 0 saturated carbocycles. The number of rotatable bonds is 9. The molecule has 7 aromatic carbocycles. The quantitative estimate of drug-likeness (QED) is 0.0828. The predicted molar refractivity (Wildman–Crippen MR) is 256 cm³/mol. The Hall–Kier alpha value is -6.93. The maximum absolute atomic E-state index is 16.7. The number of pyridine rings is 1. The highest BCUT2D eigenvalue weighted by atomic mass is 31.2. The fourth-order valence-corrected chi connectivity index (χ4v) is 12.7. The van der Waals surface area contributed by atoms with Gasteiger partial charge in [0.1, 0.15) is 0 Å². The van der Waals surface area contributed by atoms with Crippen LogP contribution in [0.25, 0.3) is 39.2 Å². The van der Waals surface area contributed by atoms with Gasteiger partial charge in [0.05, 0.1) is 11.4 Å². The van der Waals surface area contributed by atoms with Crippen LogP contribution in [0.3, 0.4) is 0 Å². The van der Waals surface area contributed by atoms with Crippen LogP contribution >= 0.6 is 7.14 Å². The van der Waals surface area contributed by atoms with Gasteiger partial charge < -0.3 is 4.57 Å². The number of benzene rings is 7. The van der Waals surface area contributed by atoms with E-state index in [0.29, 0.717) is 0 Å². The van der Waals surface area contributed by atoms with Gasteiger partial charge in [0, 0.05) is 44.1 Å². The molecule has 0 aliphatic heterocycles. The summed E-state index contributed by atoms with van der Waals surface area (Å²) in [5.41, 5.74) is 14.6. The number of nitrogens with zero attached hydrogens (tertiary/aromatic N) is 2. The average molecular weight is 805 g/mol. The molecule has 3 atom stereocenters. The number of aromatic nitrogens is 1. The van der Waals surface area contributed by atoms with E-state index in [1.165, 1.54) is 33.4 Å². The van der Waals surface area contributed by atoms with E-state index < -0.39 is 18.0 Å². The Bertz CT molecular complexity index is 3100. The number of hydrogen-bond donors (Lipinski definition) is 0. The number of aliphatic imine (C=N–C) groups is 1. The lowest BCUT2D eigenvalue weighted by Gasteiger charge is -2.29. The molecule has 1 aromatic heterocycles. The Kier molecular flexibility index (Phi) is 9.39. The fraction of sp³-hybridized carbons (Fsp3) is 0.0877. The minimum absolute atomic E-state index is 0.415. The Morgan fingerprint density at radius 2 is 1.05 bits per heavy atom. The number of fused-ring (bicyclic) bond motifs is 6. The van der Waals surface area contributed by atoms with E-state index in [2.05, 4.69) is 165 Å². The predicted octanol–water partition coefficient (Wildman–Crippen LogP) is 12.7. The first-order chi connectivity index (χ1) is 29.8. The summed E-state index contributed by atoms with van der Waals surface area (Å²) in [4.78, 5) is 9.13. The number of hydrogen-bond acceptors (Lipinski definition) is 3. The summed E-state index contributed by atoms with van der Waals surface area (Å²) in [6.45, 7) is 10.5. The summed E-state index contributed by atoms with van der Waals surface area (Å²) in [6, 6.07) is 64.0. The molecule has 3 nitrogen and oxygen atoms in total. The van der Waals surface area contributed by atoms with Gasteiger partial charge in [-0.25, -0.2) is 0 Å². The summed E-state index contributed by atoms with van der Waals surface area (Å²) < 4.78 is 16.7. The smallest absolute Gasteiger partial charge is 0.171 e. The molecular weight excluding hydrogens is 760 g/mol. The van der Waals surface area contributed by atoms with Crippen LogP contribution in [-0.2, 0) is 15.4 Å². The Labute approximate surface area is 358 Å². The van der Waals surface area contributed by atoms with Crippen molar-refractivity contribution in [2.45, 2.75) is 31.6 Å². The molecule has 2 aliphatic carbocycles. The van der Waals surface area contributed by atoms with Gasteiger partial charge in [-0.2, -0.15) is 0 Å². The molecule has 1 heterocycles. The first kappa shape index (κ1) is 38.3. The summed E-state index contributed by atoms with van der Waals surface area (Å²) in [6.07, 6.45) is 7.82. The van der Waals surface area contributed by atoms with Crippen LogP contribution in [0.15, 0.2) is 211 Å². The second kappa shape index (κ2) is 15.0. The van der Waals surface area contributed by atoms with E-state index >= 15 is 4.57 Å². The van der Waals surface area contributed by atoms with Gasteiger partial charge in [0.25, 0.3) is 0 Å². The molecular formula is C57H45N2OP. The van der Waals surface area contributed by atoms with Crippen molar-refractivity contribution >= 4 is 35.5 Å². The first-order valence-electron chi connectivity index (χ1n) is 20.9. The van der Waals surface area contributed by atoms with Gasteiger partial charge in [-0.1, -0.05) is 158 Å². The van der Waals surface area contributed by atoms with E-state index in [1.807, 2.05) is 73.8 Å². The van der Waals surface area contributed by atoms with Crippen LogP contribution in [0.5, 0.6) is 0 Å². The lowest BCUT2D eigenvalue weighted by molar-refractivity contribution is 0.592. The normalized spacial score (nSPS) is 18.5. The highest BCUT2D eigenvalue weighted by Crippen LogP contribution is 2.56. The van der Waals surface area contributed by atoms with Gasteiger partial charge in [0.15, 0.2) is 7.14 Å². The Morgan fingerprint density at radius 1 is 0.557 bits per heavy atom. The molecule has 4 heteroatoms. The van der Waals surface area contributed by atoms with Gasteiger partial charge in [-0.15, -0.1) is 0 Å². The van der Waals surface area contributed by atoms with Gasteiger partial charge in [0.2, 0.25) is 0 Å². The van der Waals surface area contributed by atoms with Crippen molar-refractivity contribution in [3.05, 3.63) is 245 Å². The van der Waals surface area contributed by atoms with Crippen LogP contribution in [0.4, 0.5) is 0 Å². The second-order valence-corrected chi connectivity index (χ2v) is 19.1. The van der Waals surface area contributed by atoms with Crippen molar-refractivity contribution in [3.63, 3.8) is 0 Å². The van der Waals surface area contributed by atoms with Crippen LogP contribution in [0, 0.1) is 0 Å². The molecule has 0 N–H and O–H groups in total. The largest absolute Gasteiger partial charge is 0.309 e. The monoisotopic (exact) mass is 804 g/mol. The molecule has 0 amide bonds.